The van der Waals surface area contributed by atoms with Gasteiger partial charge in [-0.25, -0.2) is 0 Å². The van der Waals surface area contributed by atoms with Gasteiger partial charge in [-0.2, -0.15) is 5.26 Å². The molecule has 0 aliphatic carbocycles. The number of aromatic nitrogens is 1. The Morgan fingerprint density at radius 3 is 2.37 bits per heavy atom. The van der Waals surface area contributed by atoms with Gasteiger partial charge >= 0.3 is 0 Å². The third kappa shape index (κ3) is 2.77. The predicted octanol–water partition coefficient (Wildman–Crippen LogP) is 7.31. The second-order valence-electron chi connectivity index (χ2n) is 7.72. The van der Waals surface area contributed by atoms with Gasteiger partial charge < -0.3 is 4.42 Å². The highest BCUT2D eigenvalue weighted by Gasteiger charge is 2.23. The minimum absolute atomic E-state index is 0.231. The molecule has 3 nitrogen and oxygen atoms in total. The highest BCUT2D eigenvalue weighted by molar-refractivity contribution is 6.13. The Kier molecular flexibility index (Phi) is 4.34. The molecule has 0 radical (unpaired) electrons. The van der Waals surface area contributed by atoms with Gasteiger partial charge in [0.2, 0.25) is 0 Å². The van der Waals surface area contributed by atoms with E-state index in [0.29, 0.717) is 5.56 Å². The summed E-state index contributed by atoms with van der Waals surface area (Å²) in [6.45, 7) is 4.33. The van der Waals surface area contributed by atoms with Gasteiger partial charge in [0.05, 0.1) is 17.3 Å². The lowest BCUT2D eigenvalue weighted by atomic mass is 9.88. The number of nitriles is 1. The molecule has 0 saturated heterocycles. The second kappa shape index (κ2) is 7.17. The highest BCUT2D eigenvalue weighted by atomic mass is 16.3. The maximum Gasteiger partial charge on any atom is 0.144 e. The lowest BCUT2D eigenvalue weighted by Crippen LogP contribution is -1.95. The SMILES string of the molecule is CC(C)c1c(-c2ccccc2)cc(C#N)c2c1oc1c(-c3ccccn3)cccc12. The average molecular weight is 388 g/mol. The number of benzene rings is 3. The molecule has 0 saturated carbocycles. The van der Waals surface area contributed by atoms with Crippen LogP contribution in [0.25, 0.3) is 44.3 Å². The molecule has 2 heterocycles. The Bertz CT molecular complexity index is 1410. The molecule has 0 aliphatic heterocycles. The van der Waals surface area contributed by atoms with E-state index in [2.05, 4.69) is 37.0 Å². The Hall–Kier alpha value is -3.90. The molecule has 30 heavy (non-hydrogen) atoms. The summed E-state index contributed by atoms with van der Waals surface area (Å²) in [5.74, 6) is 0.231. The van der Waals surface area contributed by atoms with E-state index in [0.717, 1.165) is 49.9 Å². The molecule has 0 amide bonds. The van der Waals surface area contributed by atoms with E-state index in [1.807, 2.05) is 60.7 Å². The van der Waals surface area contributed by atoms with Gasteiger partial charge in [0, 0.05) is 28.1 Å². The fraction of sp³-hybridized carbons (Fsp3) is 0.111. The maximum absolute atomic E-state index is 10.00. The van der Waals surface area contributed by atoms with Crippen LogP contribution in [0.5, 0.6) is 0 Å². The number of para-hydroxylation sites is 1. The minimum atomic E-state index is 0.231. The van der Waals surface area contributed by atoms with E-state index in [-0.39, 0.29) is 5.92 Å². The van der Waals surface area contributed by atoms with Gasteiger partial charge in [-0.3, -0.25) is 4.98 Å². The van der Waals surface area contributed by atoms with Crippen molar-refractivity contribution in [1.29, 1.82) is 5.26 Å². The van der Waals surface area contributed by atoms with Crippen LogP contribution in [0.4, 0.5) is 0 Å². The zero-order valence-electron chi connectivity index (χ0n) is 16.9. The molecule has 0 aliphatic rings. The lowest BCUT2D eigenvalue weighted by molar-refractivity contribution is 0.658. The van der Waals surface area contributed by atoms with Gasteiger partial charge in [-0.15, -0.1) is 0 Å². The molecule has 0 atom stereocenters. The Morgan fingerprint density at radius 1 is 0.867 bits per heavy atom. The van der Waals surface area contributed by atoms with E-state index < -0.39 is 0 Å². The fourth-order valence-corrected chi connectivity index (χ4v) is 4.23. The van der Waals surface area contributed by atoms with Gasteiger partial charge in [0.1, 0.15) is 11.2 Å². The van der Waals surface area contributed by atoms with Crippen LogP contribution in [0.2, 0.25) is 0 Å². The third-order valence-corrected chi connectivity index (χ3v) is 5.53. The summed E-state index contributed by atoms with van der Waals surface area (Å²) >= 11 is 0. The van der Waals surface area contributed by atoms with Gasteiger partial charge in [-0.1, -0.05) is 62.4 Å². The number of fused-ring (bicyclic) bond motifs is 3. The van der Waals surface area contributed by atoms with Crippen molar-refractivity contribution in [3.63, 3.8) is 0 Å². The van der Waals surface area contributed by atoms with Crippen molar-refractivity contribution in [2.75, 3.05) is 0 Å². The van der Waals surface area contributed by atoms with Crippen molar-refractivity contribution >= 4 is 21.9 Å². The molecule has 5 aromatic rings. The number of hydrogen-bond donors (Lipinski definition) is 0. The third-order valence-electron chi connectivity index (χ3n) is 5.53. The van der Waals surface area contributed by atoms with Crippen molar-refractivity contribution in [3.8, 4) is 28.5 Å². The number of hydrogen-bond acceptors (Lipinski definition) is 3. The Morgan fingerprint density at radius 2 is 1.67 bits per heavy atom. The zero-order valence-corrected chi connectivity index (χ0v) is 16.9. The van der Waals surface area contributed by atoms with Crippen LogP contribution in [-0.4, -0.2) is 4.98 Å². The van der Waals surface area contributed by atoms with Crippen LogP contribution in [-0.2, 0) is 0 Å². The second-order valence-corrected chi connectivity index (χ2v) is 7.72. The standard InChI is InChI=1S/C27H20N2O/c1-17(2)24-22(18-9-4-3-5-10-18)15-19(16-28)25-21-12-8-11-20(26(21)30-27(24)25)23-13-6-7-14-29-23/h3-15,17H,1-2H3. The largest absolute Gasteiger partial charge is 0.455 e. The van der Waals surface area contributed by atoms with Crippen molar-refractivity contribution in [3.05, 3.63) is 90.1 Å². The molecule has 0 bridgehead atoms. The molecule has 3 aromatic carbocycles. The van der Waals surface area contributed by atoms with Gasteiger partial charge in [0.15, 0.2) is 0 Å². The van der Waals surface area contributed by atoms with Gasteiger partial charge in [0.25, 0.3) is 0 Å². The monoisotopic (exact) mass is 388 g/mol. The fourth-order valence-electron chi connectivity index (χ4n) is 4.23. The average Bonchev–Trinajstić information content (AvgIpc) is 3.18. The van der Waals surface area contributed by atoms with Crippen LogP contribution in [0.3, 0.4) is 0 Å². The Labute approximate surface area is 175 Å². The molecular formula is C27H20N2O. The van der Waals surface area contributed by atoms with Crippen molar-refractivity contribution < 1.29 is 4.42 Å². The summed E-state index contributed by atoms with van der Waals surface area (Å²) in [6.07, 6.45) is 1.78. The molecular weight excluding hydrogens is 368 g/mol. The highest BCUT2D eigenvalue weighted by Crippen LogP contribution is 2.43. The minimum Gasteiger partial charge on any atom is -0.455 e. The van der Waals surface area contributed by atoms with Crippen LogP contribution in [0.1, 0.15) is 30.9 Å². The molecule has 5 rings (SSSR count). The number of rotatable bonds is 3. The first-order valence-corrected chi connectivity index (χ1v) is 10.1. The van der Waals surface area contributed by atoms with E-state index in [4.69, 9.17) is 4.42 Å². The number of pyridine rings is 1. The van der Waals surface area contributed by atoms with Crippen molar-refractivity contribution in [2.45, 2.75) is 19.8 Å². The molecule has 3 heteroatoms. The van der Waals surface area contributed by atoms with E-state index >= 15 is 0 Å². The lowest BCUT2D eigenvalue weighted by Gasteiger charge is -2.14. The van der Waals surface area contributed by atoms with Crippen LogP contribution in [0.15, 0.2) is 83.4 Å². The first-order chi connectivity index (χ1) is 14.7. The van der Waals surface area contributed by atoms with Crippen LogP contribution < -0.4 is 0 Å². The summed E-state index contributed by atoms with van der Waals surface area (Å²) in [5, 5.41) is 11.8. The predicted molar refractivity (Wildman–Crippen MR) is 121 cm³/mol. The Balaban J connectivity index is 1.94. The van der Waals surface area contributed by atoms with Crippen LogP contribution >= 0.6 is 0 Å². The molecule has 0 unspecified atom stereocenters. The summed E-state index contributed by atoms with van der Waals surface area (Å²) < 4.78 is 6.54. The zero-order chi connectivity index (χ0) is 20.7. The maximum atomic E-state index is 10.00. The van der Waals surface area contributed by atoms with E-state index in [1.54, 1.807) is 6.20 Å². The summed E-state index contributed by atoms with van der Waals surface area (Å²) in [5.41, 5.74) is 7.25. The first kappa shape index (κ1) is 18.1. The smallest absolute Gasteiger partial charge is 0.144 e. The molecule has 2 aromatic heterocycles. The topological polar surface area (TPSA) is 49.8 Å². The van der Waals surface area contributed by atoms with E-state index in [9.17, 15) is 5.26 Å². The normalized spacial score (nSPS) is 11.3. The molecule has 0 N–H and O–H groups in total. The number of nitrogens with zero attached hydrogens (tertiary/aromatic N) is 2. The summed E-state index contributed by atoms with van der Waals surface area (Å²) in [6, 6.07) is 26.5. The molecule has 144 valence electrons. The van der Waals surface area contributed by atoms with Crippen molar-refractivity contribution in [1.82, 2.24) is 4.98 Å². The molecule has 0 spiro atoms. The van der Waals surface area contributed by atoms with Crippen LogP contribution in [0, 0.1) is 11.3 Å². The summed E-state index contributed by atoms with van der Waals surface area (Å²) in [7, 11) is 0. The van der Waals surface area contributed by atoms with Gasteiger partial charge in [-0.05, 0) is 41.3 Å². The van der Waals surface area contributed by atoms with E-state index in [1.165, 1.54) is 0 Å². The quantitative estimate of drug-likeness (QED) is 0.325. The molecule has 0 fully saturated rings. The number of furan rings is 1. The summed E-state index contributed by atoms with van der Waals surface area (Å²) in [4.78, 5) is 4.51. The van der Waals surface area contributed by atoms with Crippen molar-refractivity contribution in [2.24, 2.45) is 0 Å². The first-order valence-electron chi connectivity index (χ1n) is 10.1.